The number of hydrogen-bond donors (Lipinski definition) is 0. The first-order valence-corrected chi connectivity index (χ1v) is 2.41. The average molecular weight is 122 g/mol. The quantitative estimate of drug-likeness (QED) is 0.422. The Morgan fingerprint density at radius 3 is 1.57 bits per heavy atom. The van der Waals surface area contributed by atoms with Crippen LogP contribution in [0.25, 0.3) is 0 Å². The van der Waals surface area contributed by atoms with Crippen LogP contribution in [0, 0.1) is 0 Å². The molecule has 0 nitrogen and oxygen atoms in total. The summed E-state index contributed by atoms with van der Waals surface area (Å²) in [6.07, 6.45) is 0. The Hall–Kier alpha value is 0.830. The van der Waals surface area contributed by atoms with Crippen LogP contribution in [0.15, 0.2) is 22.9 Å². The summed E-state index contributed by atoms with van der Waals surface area (Å²) < 4.78 is 0. The van der Waals surface area contributed by atoms with Gasteiger partial charge in [-0.2, -0.15) is 11.3 Å². The summed E-state index contributed by atoms with van der Waals surface area (Å²) in [5, 5.41) is 4.08. The van der Waals surface area contributed by atoms with Gasteiger partial charge in [-0.1, -0.05) is 12.1 Å². The Balaban J connectivity index is 0. The van der Waals surface area contributed by atoms with E-state index in [1.165, 1.54) is 0 Å². The third-order valence-electron chi connectivity index (χ3n) is 0.425. The fourth-order valence-corrected chi connectivity index (χ4v) is 0.680. The second-order valence-electron chi connectivity index (χ2n) is 0.793. The largest absolute Gasteiger partial charge is 0.152 e. The van der Waals surface area contributed by atoms with Crippen molar-refractivity contribution in [3.8, 4) is 0 Å². The third-order valence-corrected chi connectivity index (χ3v) is 1.05. The molecule has 1 aromatic heterocycles. The van der Waals surface area contributed by atoms with E-state index in [1.807, 2.05) is 22.9 Å². The van der Waals surface area contributed by atoms with Gasteiger partial charge < -0.3 is 0 Å². The van der Waals surface area contributed by atoms with E-state index in [-0.39, 0.29) is 36.2 Å². The molecule has 0 aliphatic rings. The average Bonchev–Trinajstić information content (AvgIpc) is 1.76. The molecule has 0 bridgehead atoms. The summed E-state index contributed by atoms with van der Waals surface area (Å²) in [5.41, 5.74) is 0. The van der Waals surface area contributed by atoms with Crippen LogP contribution < -0.4 is 0 Å². The second-order valence-corrected chi connectivity index (χ2v) is 1.61. The van der Waals surface area contributed by atoms with Crippen LogP contribution in [-0.2, 0) is 0 Å². The van der Waals surface area contributed by atoms with Crippen molar-refractivity contribution in [1.29, 1.82) is 0 Å². The van der Waals surface area contributed by atoms with Crippen molar-refractivity contribution >= 4 is 47.6 Å². The van der Waals surface area contributed by atoms with Crippen molar-refractivity contribution in [2.75, 3.05) is 0 Å². The summed E-state index contributed by atoms with van der Waals surface area (Å²) in [6, 6.07) is 4.04. The van der Waals surface area contributed by atoms with E-state index >= 15 is 0 Å². The summed E-state index contributed by atoms with van der Waals surface area (Å²) in [4.78, 5) is 0. The van der Waals surface area contributed by atoms with E-state index < -0.39 is 0 Å². The molecule has 0 spiro atoms. The van der Waals surface area contributed by atoms with E-state index in [4.69, 9.17) is 0 Å². The Morgan fingerprint density at radius 2 is 1.43 bits per heavy atom. The normalized spacial score (nSPS) is 5.71. The molecule has 1 rings (SSSR count). The van der Waals surface area contributed by atoms with Crippen LogP contribution in [0.4, 0.5) is 0 Å². The minimum absolute atomic E-state index is 0. The minimum Gasteiger partial charge on any atom is -0.152 e. The van der Waals surface area contributed by atoms with Gasteiger partial charge in [-0.3, -0.25) is 0 Å². The van der Waals surface area contributed by atoms with Crippen molar-refractivity contribution in [3.05, 3.63) is 22.9 Å². The molecule has 0 radical (unpaired) electrons. The number of hydrogen-bond acceptors (Lipinski definition) is 1. The van der Waals surface area contributed by atoms with Gasteiger partial charge >= 0.3 is 18.9 Å². The molecule has 0 N–H and O–H groups in total. The van der Waals surface area contributed by atoms with Gasteiger partial charge in [0.1, 0.15) is 0 Å². The van der Waals surface area contributed by atoms with E-state index in [2.05, 4.69) is 0 Å². The Bertz CT molecular complexity index is 68.2. The van der Waals surface area contributed by atoms with Gasteiger partial charge in [-0.15, -0.1) is 0 Å². The van der Waals surface area contributed by atoms with Gasteiger partial charge in [0, 0.05) is 0 Å². The van der Waals surface area contributed by atoms with Crippen molar-refractivity contribution in [1.82, 2.24) is 0 Å². The molecule has 0 fully saturated rings. The molecule has 0 amide bonds. The number of rotatable bonds is 0. The van der Waals surface area contributed by atoms with Gasteiger partial charge in [0.25, 0.3) is 0 Å². The van der Waals surface area contributed by atoms with Crippen LogP contribution in [0.1, 0.15) is 0 Å². The standard InChI is InChI=1S/C4H4S.Al.Li.4H/c1-2-4-5-3-1;;;;;;/h1-4H;;;;;;. The smallest absolute Gasteiger partial charge is 0.00934 e. The molecule has 34 valence electrons. The Kier molecular flexibility index (Phi) is 10.5. The molecule has 0 atom stereocenters. The molecule has 0 aromatic carbocycles. The van der Waals surface area contributed by atoms with Crippen molar-refractivity contribution in [2.24, 2.45) is 0 Å². The molecule has 0 saturated carbocycles. The maximum Gasteiger partial charge on any atom is -0.00934 e. The third kappa shape index (κ3) is 4.69. The van der Waals surface area contributed by atoms with Crippen molar-refractivity contribution in [3.63, 3.8) is 0 Å². The van der Waals surface area contributed by atoms with Crippen LogP contribution >= 0.6 is 11.3 Å². The molecular formula is C4H8AlLiS. The zero-order valence-corrected chi connectivity index (χ0v) is 3.53. The van der Waals surface area contributed by atoms with Crippen LogP contribution in [0.3, 0.4) is 0 Å². The molecule has 0 aliphatic carbocycles. The van der Waals surface area contributed by atoms with Crippen LogP contribution in [0.2, 0.25) is 0 Å². The van der Waals surface area contributed by atoms with Gasteiger partial charge in [-0.25, -0.2) is 0 Å². The zero-order chi connectivity index (χ0) is 3.54. The van der Waals surface area contributed by atoms with E-state index in [0.717, 1.165) is 0 Å². The van der Waals surface area contributed by atoms with Crippen LogP contribution in [-0.4, -0.2) is 36.2 Å². The zero-order valence-electron chi connectivity index (χ0n) is 2.72. The minimum atomic E-state index is 0. The van der Waals surface area contributed by atoms with Gasteiger partial charge in [0.2, 0.25) is 0 Å². The SMILES string of the molecule is [AlH3].[LiH].c1ccsc1. The maximum atomic E-state index is 2.04. The summed E-state index contributed by atoms with van der Waals surface area (Å²) >= 11 is 1.71. The fourth-order valence-electron chi connectivity index (χ4n) is 0.227. The van der Waals surface area contributed by atoms with Crippen molar-refractivity contribution < 1.29 is 0 Å². The summed E-state index contributed by atoms with van der Waals surface area (Å²) in [6.45, 7) is 0. The molecule has 0 saturated heterocycles. The van der Waals surface area contributed by atoms with Gasteiger partial charge in [0.15, 0.2) is 17.4 Å². The molecule has 0 unspecified atom stereocenters. The Labute approximate surface area is 70.2 Å². The predicted molar refractivity (Wildman–Crippen MR) is 41.4 cm³/mol. The molecular weight excluding hydrogens is 114 g/mol. The van der Waals surface area contributed by atoms with Gasteiger partial charge in [-0.05, 0) is 10.8 Å². The van der Waals surface area contributed by atoms with E-state index in [0.29, 0.717) is 0 Å². The second kappa shape index (κ2) is 6.83. The summed E-state index contributed by atoms with van der Waals surface area (Å²) in [5.74, 6) is 0. The monoisotopic (exact) mass is 122 g/mol. The van der Waals surface area contributed by atoms with E-state index in [9.17, 15) is 0 Å². The molecule has 1 heterocycles. The molecule has 1 aromatic rings. The molecule has 0 aliphatic heterocycles. The molecule has 3 heteroatoms. The molecule has 7 heavy (non-hydrogen) atoms. The Morgan fingerprint density at radius 1 is 1.00 bits per heavy atom. The van der Waals surface area contributed by atoms with Crippen LogP contribution in [0.5, 0.6) is 0 Å². The van der Waals surface area contributed by atoms with Gasteiger partial charge in [0.05, 0.1) is 0 Å². The topological polar surface area (TPSA) is 0 Å². The summed E-state index contributed by atoms with van der Waals surface area (Å²) in [7, 11) is 0. The predicted octanol–water partition coefficient (Wildman–Crippen LogP) is -0.0843. The number of thiophene rings is 1. The van der Waals surface area contributed by atoms with Crippen molar-refractivity contribution in [2.45, 2.75) is 0 Å². The first kappa shape index (κ1) is 10.7. The fraction of sp³-hybridized carbons (Fsp3) is 0. The van der Waals surface area contributed by atoms with E-state index in [1.54, 1.807) is 11.3 Å². The first-order valence-electron chi connectivity index (χ1n) is 1.47. The first-order chi connectivity index (χ1) is 2.50. The maximum absolute atomic E-state index is 2.04.